The first kappa shape index (κ1) is 31.4. The minimum Gasteiger partial charge on any atom is -0.322 e. The zero-order chi connectivity index (χ0) is 18.3. The Morgan fingerprint density at radius 2 is 1.17 bits per heavy atom. The van der Waals surface area contributed by atoms with Crippen LogP contribution >= 0.6 is 27.0 Å². The molecule has 0 aromatic heterocycles. The molecule has 0 aliphatic rings. The van der Waals surface area contributed by atoms with E-state index in [1.54, 1.807) is 6.92 Å². The molecular weight excluding hydrogens is 344 g/mol. The monoisotopic (exact) mass is 382 g/mol. The van der Waals surface area contributed by atoms with Crippen molar-refractivity contribution < 1.29 is 14.4 Å². The van der Waals surface area contributed by atoms with E-state index < -0.39 is 11.5 Å². The molecular formula is C17H38N2O3S2. The quantitative estimate of drug-likeness (QED) is 0.760. The van der Waals surface area contributed by atoms with E-state index in [9.17, 15) is 14.4 Å². The zero-order valence-corrected chi connectivity index (χ0v) is 18.4. The second kappa shape index (κ2) is 12.9. The van der Waals surface area contributed by atoms with Crippen LogP contribution in [-0.4, -0.2) is 29.4 Å². The lowest BCUT2D eigenvalue weighted by Crippen LogP contribution is -2.39. The molecule has 0 radical (unpaired) electrons. The van der Waals surface area contributed by atoms with Crippen LogP contribution in [0.3, 0.4) is 0 Å². The van der Waals surface area contributed by atoms with Crippen molar-refractivity contribution in [3.05, 3.63) is 0 Å². The van der Waals surface area contributed by atoms with Gasteiger partial charge in [-0.3, -0.25) is 9.59 Å². The standard InChI is InChI=1S/C10H19NO2.C7H15NO.2H2S/c1-7(12)5-6-8(11)9(13)10(2,3)4;1-5(8)6(9)7(2,3)4;;/h8H,5-6,11H2,1-4H3;5H,8H2,1-4H3;2*1H2/t8-;5-;;/m00../s1. The Morgan fingerprint density at radius 1 is 0.833 bits per heavy atom. The molecule has 0 rings (SSSR count). The molecule has 2 atom stereocenters. The Balaban J connectivity index is -0.000000162. The van der Waals surface area contributed by atoms with Gasteiger partial charge in [0.1, 0.15) is 5.78 Å². The predicted molar refractivity (Wildman–Crippen MR) is 111 cm³/mol. The molecule has 7 heteroatoms. The Bertz CT molecular complexity index is 398. The summed E-state index contributed by atoms with van der Waals surface area (Å²) < 4.78 is 0. The maximum absolute atomic E-state index is 11.5. The average Bonchev–Trinajstić information content (AvgIpc) is 2.32. The molecule has 0 aromatic rings. The predicted octanol–water partition coefficient (Wildman–Crippen LogP) is 2.47. The Kier molecular flexibility index (Phi) is 16.9. The van der Waals surface area contributed by atoms with Crippen LogP contribution in [0.15, 0.2) is 0 Å². The van der Waals surface area contributed by atoms with Gasteiger partial charge in [0.05, 0.1) is 12.1 Å². The highest BCUT2D eigenvalue weighted by atomic mass is 32.1. The van der Waals surface area contributed by atoms with E-state index in [1.165, 1.54) is 6.92 Å². The normalized spacial score (nSPS) is 13.2. The van der Waals surface area contributed by atoms with E-state index in [0.717, 1.165) is 0 Å². The molecule has 0 unspecified atom stereocenters. The summed E-state index contributed by atoms with van der Waals surface area (Å²) in [6.45, 7) is 14.4. The first-order valence-corrected chi connectivity index (χ1v) is 7.70. The highest BCUT2D eigenvalue weighted by molar-refractivity contribution is 7.59. The van der Waals surface area contributed by atoms with Crippen LogP contribution < -0.4 is 11.5 Å². The molecule has 24 heavy (non-hydrogen) atoms. The number of carbonyl (C=O) groups excluding carboxylic acids is 3. The van der Waals surface area contributed by atoms with Crippen LogP contribution in [-0.2, 0) is 14.4 Å². The molecule has 0 saturated heterocycles. The lowest BCUT2D eigenvalue weighted by Gasteiger charge is -2.21. The Hall–Kier alpha value is -0.370. The Morgan fingerprint density at radius 3 is 1.33 bits per heavy atom. The summed E-state index contributed by atoms with van der Waals surface area (Å²) in [6, 6.07) is -0.825. The summed E-state index contributed by atoms with van der Waals surface area (Å²) in [5.74, 6) is 0.216. The van der Waals surface area contributed by atoms with Gasteiger partial charge < -0.3 is 16.3 Å². The van der Waals surface area contributed by atoms with Crippen molar-refractivity contribution in [1.29, 1.82) is 0 Å². The van der Waals surface area contributed by atoms with Crippen molar-refractivity contribution >= 4 is 44.3 Å². The van der Waals surface area contributed by atoms with E-state index in [0.29, 0.717) is 12.8 Å². The Labute approximate surface area is 161 Å². The second-order valence-corrected chi connectivity index (χ2v) is 7.86. The summed E-state index contributed by atoms with van der Waals surface area (Å²) in [5.41, 5.74) is 10.3. The molecule has 0 aromatic carbocycles. The lowest BCUT2D eigenvalue weighted by atomic mass is 9.85. The second-order valence-electron chi connectivity index (χ2n) is 7.86. The molecule has 0 aliphatic heterocycles. The van der Waals surface area contributed by atoms with Crippen molar-refractivity contribution in [2.75, 3.05) is 0 Å². The van der Waals surface area contributed by atoms with Gasteiger partial charge in [0.2, 0.25) is 0 Å². The van der Waals surface area contributed by atoms with Gasteiger partial charge in [0, 0.05) is 17.3 Å². The molecule has 0 bridgehead atoms. The van der Waals surface area contributed by atoms with Crippen LogP contribution in [0.4, 0.5) is 0 Å². The SMILES string of the molecule is CC(=O)CC[C@H](N)C(=O)C(C)(C)C.C[C@H](N)C(=O)C(C)(C)C.S.S. The van der Waals surface area contributed by atoms with Crippen LogP contribution in [0.5, 0.6) is 0 Å². The number of nitrogens with two attached hydrogens (primary N) is 2. The lowest BCUT2D eigenvalue weighted by molar-refractivity contribution is -0.128. The van der Waals surface area contributed by atoms with Gasteiger partial charge >= 0.3 is 0 Å². The summed E-state index contributed by atoms with van der Waals surface area (Å²) in [4.78, 5) is 33.2. The molecule has 0 saturated carbocycles. The van der Waals surface area contributed by atoms with Gasteiger partial charge in [0.15, 0.2) is 11.6 Å². The molecule has 5 nitrogen and oxygen atoms in total. The van der Waals surface area contributed by atoms with Crippen molar-refractivity contribution in [2.45, 2.75) is 80.3 Å². The molecule has 4 N–H and O–H groups in total. The van der Waals surface area contributed by atoms with Gasteiger partial charge in [0.25, 0.3) is 0 Å². The summed E-state index contributed by atoms with van der Waals surface area (Å²) >= 11 is 0. The zero-order valence-electron chi connectivity index (χ0n) is 16.4. The van der Waals surface area contributed by atoms with Crippen molar-refractivity contribution in [3.63, 3.8) is 0 Å². The number of hydrogen-bond donors (Lipinski definition) is 2. The maximum atomic E-state index is 11.5. The molecule has 0 amide bonds. The van der Waals surface area contributed by atoms with Gasteiger partial charge in [-0.25, -0.2) is 0 Å². The van der Waals surface area contributed by atoms with E-state index in [4.69, 9.17) is 11.5 Å². The molecule has 0 fully saturated rings. The summed E-state index contributed by atoms with van der Waals surface area (Å²) in [5, 5.41) is 0. The van der Waals surface area contributed by atoms with Crippen LogP contribution in [0.25, 0.3) is 0 Å². The molecule has 0 spiro atoms. The van der Waals surface area contributed by atoms with Gasteiger partial charge in [-0.05, 0) is 20.3 Å². The first-order valence-electron chi connectivity index (χ1n) is 7.70. The van der Waals surface area contributed by atoms with Crippen LogP contribution in [0.1, 0.15) is 68.2 Å². The van der Waals surface area contributed by atoms with E-state index >= 15 is 0 Å². The van der Waals surface area contributed by atoms with Crippen molar-refractivity contribution in [1.82, 2.24) is 0 Å². The fourth-order valence-corrected chi connectivity index (χ4v) is 1.73. The van der Waals surface area contributed by atoms with E-state index in [2.05, 4.69) is 0 Å². The van der Waals surface area contributed by atoms with Crippen LogP contribution in [0, 0.1) is 10.8 Å². The molecule has 146 valence electrons. The highest BCUT2D eigenvalue weighted by Gasteiger charge is 2.26. The third-order valence-electron chi connectivity index (χ3n) is 3.04. The van der Waals surface area contributed by atoms with Gasteiger partial charge in [-0.15, -0.1) is 0 Å². The minimum atomic E-state index is -0.496. The van der Waals surface area contributed by atoms with Crippen molar-refractivity contribution in [3.8, 4) is 0 Å². The fraction of sp³-hybridized carbons (Fsp3) is 0.824. The minimum absolute atomic E-state index is 0. The highest BCUT2D eigenvalue weighted by Crippen LogP contribution is 2.17. The maximum Gasteiger partial charge on any atom is 0.154 e. The number of carbonyl (C=O) groups is 3. The third-order valence-corrected chi connectivity index (χ3v) is 3.04. The number of rotatable bonds is 5. The third kappa shape index (κ3) is 15.2. The molecule has 0 aliphatic carbocycles. The summed E-state index contributed by atoms with van der Waals surface area (Å²) in [7, 11) is 0. The number of hydrogen-bond acceptors (Lipinski definition) is 5. The van der Waals surface area contributed by atoms with Gasteiger partial charge in [-0.1, -0.05) is 41.5 Å². The van der Waals surface area contributed by atoms with E-state index in [-0.39, 0.29) is 55.8 Å². The first-order chi connectivity index (χ1) is 9.60. The largest absolute Gasteiger partial charge is 0.322 e. The van der Waals surface area contributed by atoms with E-state index in [1.807, 2.05) is 41.5 Å². The fourth-order valence-electron chi connectivity index (χ4n) is 1.73. The summed E-state index contributed by atoms with van der Waals surface area (Å²) in [6.07, 6.45) is 0.856. The topological polar surface area (TPSA) is 103 Å². The smallest absolute Gasteiger partial charge is 0.154 e. The van der Waals surface area contributed by atoms with Crippen molar-refractivity contribution in [2.24, 2.45) is 22.3 Å². The van der Waals surface area contributed by atoms with Crippen LogP contribution in [0.2, 0.25) is 0 Å². The number of ketones is 3. The average molecular weight is 383 g/mol. The van der Waals surface area contributed by atoms with Gasteiger partial charge in [-0.2, -0.15) is 27.0 Å². The number of Topliss-reactive ketones (excluding diaryl/α,β-unsaturated/α-hetero) is 3. The molecule has 0 heterocycles.